The Labute approximate surface area is 168 Å². The molecule has 4 rings (SSSR count). The molecule has 2 amide bonds. The van der Waals surface area contributed by atoms with Crippen molar-refractivity contribution in [3.63, 3.8) is 0 Å². The molecule has 3 aromatic rings. The summed E-state index contributed by atoms with van der Waals surface area (Å²) in [6, 6.07) is 9.26. The Morgan fingerprint density at radius 1 is 1.00 bits per heavy atom. The molecule has 2 N–H and O–H groups in total. The molecule has 0 saturated heterocycles. The Hall–Kier alpha value is -3.55. The second kappa shape index (κ2) is 8.64. The molecule has 0 aromatic carbocycles. The van der Waals surface area contributed by atoms with Gasteiger partial charge in [0.1, 0.15) is 5.69 Å². The van der Waals surface area contributed by atoms with Gasteiger partial charge in [0.15, 0.2) is 5.82 Å². The predicted molar refractivity (Wildman–Crippen MR) is 106 cm³/mol. The molecule has 0 fully saturated rings. The zero-order valence-electron chi connectivity index (χ0n) is 16.0. The van der Waals surface area contributed by atoms with E-state index in [9.17, 15) is 9.59 Å². The summed E-state index contributed by atoms with van der Waals surface area (Å²) in [5, 5.41) is 5.73. The Bertz CT molecular complexity index is 921. The van der Waals surface area contributed by atoms with E-state index in [0.29, 0.717) is 25.3 Å². The van der Waals surface area contributed by atoms with Gasteiger partial charge in [0, 0.05) is 31.7 Å². The van der Waals surface area contributed by atoms with Crippen LogP contribution in [-0.2, 0) is 26.1 Å². The van der Waals surface area contributed by atoms with Crippen molar-refractivity contribution in [2.75, 3.05) is 0 Å². The normalized spacial score (nSPS) is 12.8. The number of carbonyl (C=O) groups excluding carboxylic acids is 2. The second-order valence-electron chi connectivity index (χ2n) is 6.89. The van der Waals surface area contributed by atoms with Gasteiger partial charge in [0.2, 0.25) is 0 Å². The molecule has 0 atom stereocenters. The molecule has 0 unspecified atom stereocenters. The molecule has 8 heteroatoms. The number of aromatic nitrogens is 4. The van der Waals surface area contributed by atoms with Crippen LogP contribution in [0.3, 0.4) is 0 Å². The molecule has 4 heterocycles. The smallest absolute Gasteiger partial charge is 0.287 e. The first-order valence-corrected chi connectivity index (χ1v) is 9.67. The fourth-order valence-electron chi connectivity index (χ4n) is 3.42. The lowest BCUT2D eigenvalue weighted by Crippen LogP contribution is -2.27. The minimum atomic E-state index is -0.291. The standard InChI is InChI=1S/C21H22N6O2/c28-20(25-14-16-7-1-3-10-23-16)18-17-8-2-4-11-27(17)19(26-18)21(29)24-13-15-6-5-9-22-12-15/h1,3,5-7,9-10,12H,2,4,8,11,13-14H2,(H,24,29)(H,25,28). The van der Waals surface area contributed by atoms with Crippen molar-refractivity contribution in [1.29, 1.82) is 0 Å². The molecule has 0 saturated carbocycles. The fourth-order valence-corrected chi connectivity index (χ4v) is 3.42. The molecule has 29 heavy (non-hydrogen) atoms. The summed E-state index contributed by atoms with van der Waals surface area (Å²) < 4.78 is 1.87. The zero-order chi connectivity index (χ0) is 20.1. The number of fused-ring (bicyclic) bond motifs is 1. The number of hydrogen-bond acceptors (Lipinski definition) is 5. The first-order chi connectivity index (χ1) is 14.2. The minimum Gasteiger partial charge on any atom is -0.345 e. The van der Waals surface area contributed by atoms with Crippen molar-refractivity contribution in [2.45, 2.75) is 38.9 Å². The van der Waals surface area contributed by atoms with Gasteiger partial charge in [0.05, 0.1) is 17.9 Å². The Morgan fingerprint density at radius 3 is 2.69 bits per heavy atom. The summed E-state index contributed by atoms with van der Waals surface area (Å²) >= 11 is 0. The van der Waals surface area contributed by atoms with Crippen LogP contribution in [0.1, 0.15) is 50.9 Å². The van der Waals surface area contributed by atoms with Gasteiger partial charge in [-0.05, 0) is 43.0 Å². The highest BCUT2D eigenvalue weighted by molar-refractivity contribution is 5.97. The van der Waals surface area contributed by atoms with Crippen LogP contribution in [0.5, 0.6) is 0 Å². The van der Waals surface area contributed by atoms with Gasteiger partial charge in [0.25, 0.3) is 11.8 Å². The maximum atomic E-state index is 12.8. The van der Waals surface area contributed by atoms with E-state index in [1.165, 1.54) is 0 Å². The lowest BCUT2D eigenvalue weighted by atomic mass is 10.1. The molecule has 0 bridgehead atoms. The molecule has 148 valence electrons. The SMILES string of the molecule is O=C(NCc1ccccn1)c1nc(C(=O)NCc2cccnc2)n2c1CCCC2. The van der Waals surface area contributed by atoms with Gasteiger partial charge in [-0.3, -0.25) is 19.6 Å². The molecule has 8 nitrogen and oxygen atoms in total. The number of pyridine rings is 2. The number of rotatable bonds is 6. The molecule has 3 aromatic heterocycles. The maximum absolute atomic E-state index is 12.8. The van der Waals surface area contributed by atoms with Crippen LogP contribution in [0.15, 0.2) is 48.9 Å². The van der Waals surface area contributed by atoms with E-state index in [1.54, 1.807) is 18.6 Å². The highest BCUT2D eigenvalue weighted by atomic mass is 16.2. The van der Waals surface area contributed by atoms with Gasteiger partial charge >= 0.3 is 0 Å². The van der Waals surface area contributed by atoms with Crippen molar-refractivity contribution in [3.05, 3.63) is 77.4 Å². The summed E-state index contributed by atoms with van der Waals surface area (Å²) in [5.41, 5.74) is 2.82. The summed E-state index contributed by atoms with van der Waals surface area (Å²) in [6.45, 7) is 1.36. The molecule has 0 spiro atoms. The molecule has 1 aliphatic heterocycles. The third-order valence-electron chi connectivity index (χ3n) is 4.87. The number of hydrogen-bond donors (Lipinski definition) is 2. The Morgan fingerprint density at radius 2 is 1.90 bits per heavy atom. The third kappa shape index (κ3) is 4.31. The molecule has 0 radical (unpaired) electrons. The first kappa shape index (κ1) is 18.8. The number of amides is 2. The van der Waals surface area contributed by atoms with Gasteiger partial charge in [-0.2, -0.15) is 0 Å². The van der Waals surface area contributed by atoms with E-state index in [0.717, 1.165) is 36.2 Å². The minimum absolute atomic E-state index is 0.284. The highest BCUT2D eigenvalue weighted by Crippen LogP contribution is 2.21. The first-order valence-electron chi connectivity index (χ1n) is 9.67. The van der Waals surface area contributed by atoms with Crippen molar-refractivity contribution < 1.29 is 9.59 Å². The topological polar surface area (TPSA) is 102 Å². The lowest BCUT2D eigenvalue weighted by Gasteiger charge is -2.17. The van der Waals surface area contributed by atoms with Crippen molar-refractivity contribution in [1.82, 2.24) is 30.2 Å². The molecule has 1 aliphatic rings. The van der Waals surface area contributed by atoms with Crippen LogP contribution in [0.2, 0.25) is 0 Å². The van der Waals surface area contributed by atoms with E-state index in [4.69, 9.17) is 0 Å². The van der Waals surface area contributed by atoms with Crippen LogP contribution in [0, 0.1) is 0 Å². The van der Waals surface area contributed by atoms with Crippen LogP contribution < -0.4 is 10.6 Å². The van der Waals surface area contributed by atoms with Gasteiger partial charge in [-0.15, -0.1) is 0 Å². The maximum Gasteiger partial charge on any atom is 0.287 e. The van der Waals surface area contributed by atoms with E-state index < -0.39 is 0 Å². The second-order valence-corrected chi connectivity index (χ2v) is 6.89. The van der Waals surface area contributed by atoms with Crippen molar-refractivity contribution in [3.8, 4) is 0 Å². The number of imidazole rings is 1. The lowest BCUT2D eigenvalue weighted by molar-refractivity contribution is 0.0935. The molecular weight excluding hydrogens is 368 g/mol. The van der Waals surface area contributed by atoms with Gasteiger partial charge < -0.3 is 15.2 Å². The van der Waals surface area contributed by atoms with Crippen LogP contribution >= 0.6 is 0 Å². The highest BCUT2D eigenvalue weighted by Gasteiger charge is 2.27. The monoisotopic (exact) mass is 390 g/mol. The number of carbonyl (C=O) groups is 2. The van der Waals surface area contributed by atoms with Gasteiger partial charge in [-0.25, -0.2) is 4.98 Å². The van der Waals surface area contributed by atoms with Crippen LogP contribution in [0.4, 0.5) is 0 Å². The van der Waals surface area contributed by atoms with Crippen molar-refractivity contribution in [2.24, 2.45) is 0 Å². The zero-order valence-corrected chi connectivity index (χ0v) is 16.0. The fraction of sp³-hybridized carbons (Fsp3) is 0.286. The molecular formula is C21H22N6O2. The molecule has 0 aliphatic carbocycles. The Kier molecular flexibility index (Phi) is 5.60. The summed E-state index contributed by atoms with van der Waals surface area (Å²) in [6.07, 6.45) is 7.74. The summed E-state index contributed by atoms with van der Waals surface area (Å²) in [7, 11) is 0. The summed E-state index contributed by atoms with van der Waals surface area (Å²) in [4.78, 5) is 38.2. The Balaban J connectivity index is 1.50. The van der Waals surface area contributed by atoms with Gasteiger partial charge in [-0.1, -0.05) is 12.1 Å². The van der Waals surface area contributed by atoms with Crippen LogP contribution in [0.25, 0.3) is 0 Å². The van der Waals surface area contributed by atoms with Crippen LogP contribution in [-0.4, -0.2) is 31.3 Å². The van der Waals surface area contributed by atoms with E-state index in [-0.39, 0.29) is 17.6 Å². The predicted octanol–water partition coefficient (Wildman–Crippen LogP) is 1.87. The largest absolute Gasteiger partial charge is 0.345 e. The average molecular weight is 390 g/mol. The number of nitrogens with one attached hydrogen (secondary N) is 2. The van der Waals surface area contributed by atoms with E-state index in [1.807, 2.05) is 34.9 Å². The third-order valence-corrected chi connectivity index (χ3v) is 4.87. The quantitative estimate of drug-likeness (QED) is 0.669. The average Bonchev–Trinajstić information content (AvgIpc) is 3.17. The van der Waals surface area contributed by atoms with Crippen molar-refractivity contribution >= 4 is 11.8 Å². The number of nitrogens with zero attached hydrogens (tertiary/aromatic N) is 4. The summed E-state index contributed by atoms with van der Waals surface area (Å²) in [5.74, 6) is -0.292. The van der Waals surface area contributed by atoms with E-state index in [2.05, 4.69) is 25.6 Å². The van der Waals surface area contributed by atoms with E-state index >= 15 is 0 Å².